The molecular weight excluding hydrogens is 577 g/mol. The van der Waals surface area contributed by atoms with Crippen LogP contribution < -0.4 is 9.64 Å². The number of amides is 2. The van der Waals surface area contributed by atoms with Gasteiger partial charge in [-0.2, -0.15) is 0 Å². The van der Waals surface area contributed by atoms with E-state index < -0.39 is 29.7 Å². The number of nitrogens with zero attached hydrogens (tertiary/aromatic N) is 1. The molecule has 0 aliphatic carbocycles. The van der Waals surface area contributed by atoms with Crippen LogP contribution in [0.3, 0.4) is 0 Å². The van der Waals surface area contributed by atoms with Gasteiger partial charge in [-0.1, -0.05) is 23.7 Å². The van der Waals surface area contributed by atoms with E-state index in [0.29, 0.717) is 27.8 Å². The molecule has 1 unspecified atom stereocenters. The maximum Gasteiger partial charge on any atom is 0.338 e. The average molecular weight is 602 g/mol. The second-order valence-electron chi connectivity index (χ2n) is 9.81. The van der Waals surface area contributed by atoms with Crippen molar-refractivity contribution in [1.29, 1.82) is 0 Å². The van der Waals surface area contributed by atoms with Gasteiger partial charge in [0.05, 0.1) is 22.4 Å². The molecule has 0 N–H and O–H groups in total. The number of fused-ring (bicyclic) bond motifs is 1. The maximum atomic E-state index is 13.3. The average Bonchev–Trinajstić information content (AvgIpc) is 3.24. The zero-order valence-electron chi connectivity index (χ0n) is 22.7. The fourth-order valence-corrected chi connectivity index (χ4v) is 4.87. The molecule has 0 spiro atoms. The summed E-state index contributed by atoms with van der Waals surface area (Å²) in [6.45, 7) is 3.92. The summed E-state index contributed by atoms with van der Waals surface area (Å²) in [6, 6.07) is 22.8. The number of aryl methyl sites for hydroxylation is 2. The minimum Gasteiger partial charge on any atom is -0.457 e. The number of anilines is 1. The maximum absolute atomic E-state index is 13.3. The second-order valence-corrected chi connectivity index (χ2v) is 10.6. The van der Waals surface area contributed by atoms with E-state index in [9.17, 15) is 19.2 Å². The minimum atomic E-state index is -1.14. The number of halogens is 2. The van der Waals surface area contributed by atoms with Gasteiger partial charge in [0.2, 0.25) is 5.78 Å². The van der Waals surface area contributed by atoms with Crippen molar-refractivity contribution in [3.8, 4) is 11.5 Å². The van der Waals surface area contributed by atoms with E-state index in [2.05, 4.69) is 0 Å². The Labute approximate surface area is 252 Å². The van der Waals surface area contributed by atoms with Crippen molar-refractivity contribution in [3.05, 3.63) is 123 Å². The standard InChI is InChI=1S/C33H25Cl2NO6/c1-19-3-4-20(2)29(17-19)41-25-12-10-24(11-13-25)36-31(38)26-14-7-22(18-27(26)32(36)39)33(40)42-28(15-16-34)30(37)21-5-8-23(35)9-6-21/h3-14,17-18,28H,15-16H2,1-2H3. The lowest BCUT2D eigenvalue weighted by Gasteiger charge is -2.16. The summed E-state index contributed by atoms with van der Waals surface area (Å²) in [4.78, 5) is 53.5. The van der Waals surface area contributed by atoms with Gasteiger partial charge in [-0.25, -0.2) is 9.69 Å². The monoisotopic (exact) mass is 601 g/mol. The SMILES string of the molecule is Cc1ccc(C)c(Oc2ccc(N3C(=O)c4ccc(C(=O)OC(CCCl)C(=O)c5ccc(Cl)cc5)cc4C3=O)cc2)c1. The molecule has 0 bridgehead atoms. The predicted octanol–water partition coefficient (Wildman–Crippen LogP) is 7.59. The molecule has 1 aliphatic rings. The molecule has 4 aromatic rings. The van der Waals surface area contributed by atoms with Crippen molar-refractivity contribution in [3.63, 3.8) is 0 Å². The summed E-state index contributed by atoms with van der Waals surface area (Å²) in [7, 11) is 0. The van der Waals surface area contributed by atoms with Crippen molar-refractivity contribution >= 4 is 52.5 Å². The van der Waals surface area contributed by atoms with Gasteiger partial charge >= 0.3 is 5.97 Å². The molecule has 4 aromatic carbocycles. The van der Waals surface area contributed by atoms with Crippen molar-refractivity contribution in [2.45, 2.75) is 26.4 Å². The Bertz CT molecular complexity index is 1700. The van der Waals surface area contributed by atoms with E-state index >= 15 is 0 Å². The molecule has 9 heteroatoms. The molecular formula is C33H25Cl2NO6. The van der Waals surface area contributed by atoms with Gasteiger partial charge in [-0.05, 0) is 97.8 Å². The third-order valence-electron chi connectivity index (χ3n) is 6.83. The molecule has 5 rings (SSSR count). The predicted molar refractivity (Wildman–Crippen MR) is 160 cm³/mol. The van der Waals surface area contributed by atoms with Crippen LogP contribution in [0.1, 0.15) is 59.0 Å². The normalized spacial score (nSPS) is 13.1. The second kappa shape index (κ2) is 12.2. The van der Waals surface area contributed by atoms with Gasteiger partial charge in [-0.15, -0.1) is 11.6 Å². The lowest BCUT2D eigenvalue weighted by atomic mass is 10.0. The Morgan fingerprint density at radius 2 is 1.48 bits per heavy atom. The van der Waals surface area contributed by atoms with Crippen molar-refractivity contribution in [1.82, 2.24) is 0 Å². The number of rotatable bonds is 9. The lowest BCUT2D eigenvalue weighted by Crippen LogP contribution is -2.29. The fraction of sp³-hybridized carbons (Fsp3) is 0.152. The van der Waals surface area contributed by atoms with Crippen LogP contribution in [-0.2, 0) is 4.74 Å². The Morgan fingerprint density at radius 3 is 2.17 bits per heavy atom. The summed E-state index contributed by atoms with van der Waals surface area (Å²) >= 11 is 11.8. The Kier molecular flexibility index (Phi) is 8.43. The number of carbonyl (C=O) groups is 4. The number of ether oxygens (including phenoxy) is 2. The van der Waals surface area contributed by atoms with Gasteiger partial charge in [0.1, 0.15) is 11.5 Å². The summed E-state index contributed by atoms with van der Waals surface area (Å²) in [5.74, 6) is -0.998. The molecule has 0 radical (unpaired) electrons. The van der Waals surface area contributed by atoms with Crippen LogP contribution in [0.25, 0.3) is 0 Å². The zero-order chi connectivity index (χ0) is 30.0. The number of carbonyl (C=O) groups excluding carboxylic acids is 4. The highest BCUT2D eigenvalue weighted by molar-refractivity contribution is 6.34. The molecule has 0 fully saturated rings. The summed E-state index contributed by atoms with van der Waals surface area (Å²) in [5.41, 5.74) is 2.95. The molecule has 42 heavy (non-hydrogen) atoms. The van der Waals surface area contributed by atoms with Crippen LogP contribution >= 0.6 is 23.2 Å². The van der Waals surface area contributed by atoms with E-state index in [4.69, 9.17) is 32.7 Å². The number of ketones is 1. The van der Waals surface area contributed by atoms with Gasteiger partial charge in [0, 0.05) is 22.9 Å². The number of alkyl halides is 1. The Morgan fingerprint density at radius 1 is 0.810 bits per heavy atom. The van der Waals surface area contributed by atoms with Crippen molar-refractivity contribution in [2.75, 3.05) is 10.8 Å². The number of Topliss-reactive ketones (excluding diaryl/α,β-unsaturated/α-hetero) is 1. The van der Waals surface area contributed by atoms with Gasteiger partial charge in [-0.3, -0.25) is 14.4 Å². The van der Waals surface area contributed by atoms with E-state index in [1.165, 1.54) is 30.3 Å². The number of hydrogen-bond donors (Lipinski definition) is 0. The first-order valence-corrected chi connectivity index (χ1v) is 14.0. The molecule has 1 atom stereocenters. The Balaban J connectivity index is 1.32. The van der Waals surface area contributed by atoms with Crippen LogP contribution in [0.4, 0.5) is 5.69 Å². The van der Waals surface area contributed by atoms with Gasteiger partial charge < -0.3 is 9.47 Å². The van der Waals surface area contributed by atoms with E-state index in [1.54, 1.807) is 36.4 Å². The van der Waals surface area contributed by atoms with Crippen molar-refractivity contribution in [2.24, 2.45) is 0 Å². The quantitative estimate of drug-likeness (QED) is 0.0849. The molecule has 0 saturated heterocycles. The lowest BCUT2D eigenvalue weighted by molar-refractivity contribution is 0.0278. The van der Waals surface area contributed by atoms with Crippen LogP contribution in [0.15, 0.2) is 84.9 Å². The van der Waals surface area contributed by atoms with Crippen LogP contribution in [-0.4, -0.2) is 35.6 Å². The van der Waals surface area contributed by atoms with Gasteiger partial charge in [0.25, 0.3) is 11.8 Å². The first-order chi connectivity index (χ1) is 20.2. The number of imide groups is 1. The number of benzene rings is 4. The van der Waals surface area contributed by atoms with E-state index in [1.807, 2.05) is 32.0 Å². The summed E-state index contributed by atoms with van der Waals surface area (Å²) < 4.78 is 11.5. The fourth-order valence-electron chi connectivity index (χ4n) is 4.55. The highest BCUT2D eigenvalue weighted by atomic mass is 35.5. The van der Waals surface area contributed by atoms with Gasteiger partial charge in [0.15, 0.2) is 6.10 Å². The third-order valence-corrected chi connectivity index (χ3v) is 7.30. The first kappa shape index (κ1) is 29.0. The zero-order valence-corrected chi connectivity index (χ0v) is 24.2. The highest BCUT2D eigenvalue weighted by Crippen LogP contribution is 2.32. The van der Waals surface area contributed by atoms with Crippen LogP contribution in [0.5, 0.6) is 11.5 Å². The largest absolute Gasteiger partial charge is 0.457 e. The number of esters is 1. The Hall–Kier alpha value is -4.46. The molecule has 7 nitrogen and oxygen atoms in total. The number of hydrogen-bond acceptors (Lipinski definition) is 6. The highest BCUT2D eigenvalue weighted by Gasteiger charge is 2.37. The molecule has 0 aromatic heterocycles. The van der Waals surface area contributed by atoms with Crippen molar-refractivity contribution < 1.29 is 28.7 Å². The first-order valence-electron chi connectivity index (χ1n) is 13.1. The third kappa shape index (κ3) is 5.93. The van der Waals surface area contributed by atoms with Crippen LogP contribution in [0.2, 0.25) is 5.02 Å². The topological polar surface area (TPSA) is 90.0 Å². The summed E-state index contributed by atoms with van der Waals surface area (Å²) in [5, 5.41) is 0.463. The molecule has 0 saturated carbocycles. The molecule has 212 valence electrons. The molecule has 1 heterocycles. The minimum absolute atomic E-state index is 0.0255. The smallest absolute Gasteiger partial charge is 0.338 e. The van der Waals surface area contributed by atoms with E-state index in [0.717, 1.165) is 16.0 Å². The molecule has 1 aliphatic heterocycles. The summed E-state index contributed by atoms with van der Waals surface area (Å²) in [6.07, 6.45) is -1.05. The molecule has 2 amide bonds. The van der Waals surface area contributed by atoms with E-state index in [-0.39, 0.29) is 29.0 Å². The van der Waals surface area contributed by atoms with Crippen LogP contribution in [0, 0.1) is 13.8 Å².